The monoisotopic (exact) mass is 586 g/mol. The molecule has 0 saturated carbocycles. The Hall–Kier alpha value is -4.36. The number of carbonyl (C=O) groups excluding carboxylic acids is 3. The maximum absolute atomic E-state index is 14.0. The summed E-state index contributed by atoms with van der Waals surface area (Å²) in [5.41, 5.74) is 0.940. The summed E-state index contributed by atoms with van der Waals surface area (Å²) in [5.74, 6) is -0.933. The van der Waals surface area contributed by atoms with Crippen LogP contribution in [0.1, 0.15) is 12.5 Å². The molecular formula is C26H20ClFN4O7S. The summed E-state index contributed by atoms with van der Waals surface area (Å²) in [6, 6.07) is 9.55. The predicted molar refractivity (Wildman–Crippen MR) is 143 cm³/mol. The number of imide groups is 1. The van der Waals surface area contributed by atoms with E-state index >= 15 is 0 Å². The Morgan fingerprint density at radius 1 is 1.18 bits per heavy atom. The van der Waals surface area contributed by atoms with Crippen LogP contribution in [0.15, 0.2) is 47.5 Å². The molecule has 40 heavy (non-hydrogen) atoms. The van der Waals surface area contributed by atoms with Gasteiger partial charge in [0.05, 0.1) is 17.7 Å². The number of carbonyl (C=O) groups is 3. The molecule has 0 radical (unpaired) electrons. The van der Waals surface area contributed by atoms with Crippen molar-refractivity contribution in [3.05, 3.63) is 64.2 Å². The summed E-state index contributed by atoms with van der Waals surface area (Å²) in [6.07, 6.45) is 2.37. The number of amides is 3. The molecule has 0 bridgehead atoms. The number of thioether (sulfide) groups is 1. The summed E-state index contributed by atoms with van der Waals surface area (Å²) < 4.78 is 36.1. The lowest BCUT2D eigenvalue weighted by Crippen LogP contribution is -2.36. The van der Waals surface area contributed by atoms with Crippen molar-refractivity contribution in [2.24, 2.45) is 0 Å². The lowest BCUT2D eigenvalue weighted by Gasteiger charge is -2.19. The Kier molecular flexibility index (Phi) is 8.03. The number of hydrogen-bond acceptors (Lipinski definition) is 10. The van der Waals surface area contributed by atoms with Crippen LogP contribution in [-0.4, -0.2) is 58.3 Å². The first-order valence-electron chi connectivity index (χ1n) is 11.9. The van der Waals surface area contributed by atoms with E-state index in [1.54, 1.807) is 37.3 Å². The third-order valence-electron chi connectivity index (χ3n) is 5.46. The number of rotatable bonds is 8. The van der Waals surface area contributed by atoms with Gasteiger partial charge in [0.1, 0.15) is 19.8 Å². The number of halogens is 2. The van der Waals surface area contributed by atoms with E-state index in [0.29, 0.717) is 47.7 Å². The number of hydrogen-bond donors (Lipinski definition) is 1. The number of fused-ring (bicyclic) bond motifs is 1. The molecule has 11 nitrogen and oxygen atoms in total. The van der Waals surface area contributed by atoms with E-state index in [-0.39, 0.29) is 34.2 Å². The van der Waals surface area contributed by atoms with Crippen molar-refractivity contribution >= 4 is 52.2 Å². The normalized spacial score (nSPS) is 15.4. The van der Waals surface area contributed by atoms with E-state index in [4.69, 9.17) is 30.5 Å². The van der Waals surface area contributed by atoms with Crippen LogP contribution < -0.4 is 24.3 Å². The fourth-order valence-electron chi connectivity index (χ4n) is 3.73. The highest BCUT2D eigenvalue weighted by molar-refractivity contribution is 8.18. The van der Waals surface area contributed by atoms with Crippen molar-refractivity contribution in [2.45, 2.75) is 6.92 Å². The molecule has 2 aromatic carbocycles. The smallest absolute Gasteiger partial charge is 0.294 e. The molecule has 1 aromatic heterocycles. The molecule has 0 unspecified atom stereocenters. The molecular weight excluding hydrogens is 567 g/mol. The standard InChI is InChI=1S/C26H20ClFN4O7S/c1-2-36-19-9-14(3-5-18(19)39-23-16(28)12-29-25(27)31-23)10-21-24(34)32(26(35)40-21)13-22(33)30-15-4-6-17-20(11-15)38-8-7-37-17/h3-6,9-12H,2,7-8,13H2,1H3,(H,30,33)/b21-10+. The third-order valence-corrected chi connectivity index (χ3v) is 6.55. The Morgan fingerprint density at radius 3 is 2.77 bits per heavy atom. The number of nitrogens with zero attached hydrogens (tertiary/aromatic N) is 3. The molecule has 5 rings (SSSR count). The van der Waals surface area contributed by atoms with E-state index in [0.717, 1.165) is 11.1 Å². The van der Waals surface area contributed by atoms with Crippen LogP contribution in [0.5, 0.6) is 28.9 Å². The van der Waals surface area contributed by atoms with Gasteiger partial charge in [0, 0.05) is 11.8 Å². The second-order valence-corrected chi connectivity index (χ2v) is 9.54. The second kappa shape index (κ2) is 11.8. The molecule has 14 heteroatoms. The van der Waals surface area contributed by atoms with E-state index in [1.165, 1.54) is 12.1 Å². The molecule has 1 N–H and O–H groups in total. The van der Waals surface area contributed by atoms with Crippen molar-refractivity contribution in [3.8, 4) is 28.9 Å². The van der Waals surface area contributed by atoms with E-state index in [1.807, 2.05) is 0 Å². The van der Waals surface area contributed by atoms with Gasteiger partial charge >= 0.3 is 0 Å². The minimum absolute atomic E-state index is 0.113. The molecule has 3 heterocycles. The summed E-state index contributed by atoms with van der Waals surface area (Å²) in [7, 11) is 0. The van der Waals surface area contributed by atoms with Crippen LogP contribution in [0.2, 0.25) is 5.28 Å². The quantitative estimate of drug-likeness (QED) is 0.287. The number of anilines is 1. The highest BCUT2D eigenvalue weighted by atomic mass is 35.5. The Morgan fingerprint density at radius 2 is 1.98 bits per heavy atom. The summed E-state index contributed by atoms with van der Waals surface area (Å²) in [5, 5.41) is 1.87. The highest BCUT2D eigenvalue weighted by Gasteiger charge is 2.36. The van der Waals surface area contributed by atoms with E-state index < -0.39 is 29.4 Å². The first kappa shape index (κ1) is 27.2. The average molecular weight is 587 g/mol. The van der Waals surface area contributed by atoms with Gasteiger partial charge in [-0.3, -0.25) is 19.3 Å². The zero-order chi connectivity index (χ0) is 28.2. The lowest BCUT2D eigenvalue weighted by atomic mass is 10.2. The first-order valence-corrected chi connectivity index (χ1v) is 13.1. The van der Waals surface area contributed by atoms with Gasteiger partial charge in [0.2, 0.25) is 17.0 Å². The van der Waals surface area contributed by atoms with Gasteiger partial charge in [-0.2, -0.15) is 9.37 Å². The number of nitrogens with one attached hydrogen (secondary N) is 1. The molecule has 3 aromatic rings. The number of aromatic nitrogens is 2. The first-order chi connectivity index (χ1) is 19.3. The van der Waals surface area contributed by atoms with Crippen molar-refractivity contribution in [1.29, 1.82) is 0 Å². The van der Waals surface area contributed by atoms with Crippen LogP contribution >= 0.6 is 23.4 Å². The highest BCUT2D eigenvalue weighted by Crippen LogP contribution is 2.37. The van der Waals surface area contributed by atoms with E-state index in [9.17, 15) is 18.8 Å². The van der Waals surface area contributed by atoms with Crippen LogP contribution in [0.25, 0.3) is 6.08 Å². The Labute approximate surface area is 236 Å². The lowest BCUT2D eigenvalue weighted by molar-refractivity contribution is -0.127. The molecule has 1 fully saturated rings. The fraction of sp³-hybridized carbons (Fsp3) is 0.192. The van der Waals surface area contributed by atoms with Crippen molar-refractivity contribution in [3.63, 3.8) is 0 Å². The minimum atomic E-state index is -0.817. The molecule has 0 aliphatic carbocycles. The van der Waals surface area contributed by atoms with Crippen LogP contribution in [0.4, 0.5) is 14.9 Å². The average Bonchev–Trinajstić information content (AvgIpc) is 3.19. The maximum atomic E-state index is 14.0. The molecule has 0 spiro atoms. The number of benzene rings is 2. The largest absolute Gasteiger partial charge is 0.490 e. The molecule has 2 aliphatic rings. The molecule has 1 saturated heterocycles. The van der Waals surface area contributed by atoms with Gasteiger partial charge < -0.3 is 24.3 Å². The second-order valence-electron chi connectivity index (χ2n) is 8.21. The summed E-state index contributed by atoms with van der Waals surface area (Å²) >= 11 is 6.43. The molecule has 0 atom stereocenters. The Bertz CT molecular complexity index is 1540. The zero-order valence-corrected chi connectivity index (χ0v) is 22.4. The summed E-state index contributed by atoms with van der Waals surface area (Å²) in [4.78, 5) is 46.4. The molecule has 206 valence electrons. The fourth-order valence-corrected chi connectivity index (χ4v) is 4.69. The molecule has 2 aliphatic heterocycles. The van der Waals surface area contributed by atoms with Gasteiger partial charge in [-0.05, 0) is 66.2 Å². The Balaban J connectivity index is 1.28. The van der Waals surface area contributed by atoms with Crippen LogP contribution in [-0.2, 0) is 9.59 Å². The summed E-state index contributed by atoms with van der Waals surface area (Å²) in [6.45, 7) is 2.38. The van der Waals surface area contributed by atoms with Gasteiger partial charge in [0.25, 0.3) is 17.0 Å². The van der Waals surface area contributed by atoms with Gasteiger partial charge in [-0.1, -0.05) is 6.07 Å². The van der Waals surface area contributed by atoms with Crippen molar-refractivity contribution in [2.75, 3.05) is 31.7 Å². The van der Waals surface area contributed by atoms with Gasteiger partial charge in [-0.15, -0.1) is 0 Å². The molecule has 3 amide bonds. The zero-order valence-electron chi connectivity index (χ0n) is 20.8. The van der Waals surface area contributed by atoms with Gasteiger partial charge in [0.15, 0.2) is 23.0 Å². The predicted octanol–water partition coefficient (Wildman–Crippen LogP) is 4.91. The maximum Gasteiger partial charge on any atom is 0.294 e. The van der Waals surface area contributed by atoms with Crippen molar-refractivity contribution in [1.82, 2.24) is 14.9 Å². The van der Waals surface area contributed by atoms with Crippen LogP contribution in [0.3, 0.4) is 0 Å². The van der Waals surface area contributed by atoms with E-state index in [2.05, 4.69) is 15.3 Å². The number of ether oxygens (including phenoxy) is 4. The minimum Gasteiger partial charge on any atom is -0.490 e. The van der Waals surface area contributed by atoms with Crippen molar-refractivity contribution < 1.29 is 37.7 Å². The third kappa shape index (κ3) is 6.10. The SMILES string of the molecule is CCOc1cc(/C=C2/SC(=O)N(CC(=O)Nc3ccc4c(c3)OCCO4)C2=O)ccc1Oc1nc(Cl)ncc1F. The van der Waals surface area contributed by atoms with Crippen LogP contribution in [0, 0.1) is 5.82 Å². The topological polar surface area (TPSA) is 129 Å². The van der Waals surface area contributed by atoms with Gasteiger partial charge in [-0.25, -0.2) is 4.98 Å².